The lowest BCUT2D eigenvalue weighted by molar-refractivity contribution is 0.248. The van der Waals surface area contributed by atoms with Gasteiger partial charge in [-0.1, -0.05) is 29.8 Å². The van der Waals surface area contributed by atoms with Crippen molar-refractivity contribution in [3.63, 3.8) is 0 Å². The van der Waals surface area contributed by atoms with Crippen LogP contribution in [0.15, 0.2) is 62.5 Å². The molecule has 4 rings (SSSR count). The Balaban J connectivity index is 1.34. The number of halogens is 1. The zero-order valence-corrected chi connectivity index (χ0v) is 16.3. The molecule has 6 nitrogen and oxygen atoms in total. The van der Waals surface area contributed by atoms with E-state index in [1.54, 1.807) is 24.3 Å². The van der Waals surface area contributed by atoms with E-state index in [4.69, 9.17) is 16.0 Å². The summed E-state index contributed by atoms with van der Waals surface area (Å²) in [6.45, 7) is 4.93. The highest BCUT2D eigenvalue weighted by Crippen LogP contribution is 2.20. The maximum absolute atomic E-state index is 12.5. The lowest BCUT2D eigenvalue weighted by atomic mass is 10.2. The zero-order valence-electron chi connectivity index (χ0n) is 15.5. The van der Waals surface area contributed by atoms with Crippen molar-refractivity contribution in [2.75, 3.05) is 37.6 Å². The van der Waals surface area contributed by atoms with Crippen LogP contribution in [0, 0.1) is 0 Å². The molecular weight excluding hydrogens is 378 g/mol. The highest BCUT2D eigenvalue weighted by Gasteiger charge is 2.17. The van der Waals surface area contributed by atoms with Crippen LogP contribution < -0.4 is 16.2 Å². The van der Waals surface area contributed by atoms with Gasteiger partial charge in [-0.2, -0.15) is 0 Å². The second kappa shape index (κ2) is 8.20. The van der Waals surface area contributed by atoms with E-state index >= 15 is 0 Å². The molecule has 146 valence electrons. The number of benzene rings is 2. The SMILES string of the molecule is O=c1oc2ccccc2c(=O)n1CCCN1CCN(c2cccc(Cl)c2)CC1. The van der Waals surface area contributed by atoms with E-state index < -0.39 is 5.76 Å². The molecule has 1 aromatic heterocycles. The zero-order chi connectivity index (χ0) is 19.5. The van der Waals surface area contributed by atoms with Crippen molar-refractivity contribution in [3.05, 3.63) is 74.5 Å². The average molecular weight is 400 g/mol. The minimum Gasteiger partial charge on any atom is -0.409 e. The summed E-state index contributed by atoms with van der Waals surface area (Å²) >= 11 is 6.08. The maximum Gasteiger partial charge on any atom is 0.422 e. The summed E-state index contributed by atoms with van der Waals surface area (Å²) in [6.07, 6.45) is 0.722. The molecule has 0 bridgehead atoms. The lowest BCUT2D eigenvalue weighted by Crippen LogP contribution is -2.47. The summed E-state index contributed by atoms with van der Waals surface area (Å²) < 4.78 is 6.46. The molecule has 0 unspecified atom stereocenters. The molecule has 1 fully saturated rings. The van der Waals surface area contributed by atoms with E-state index in [1.807, 2.05) is 18.2 Å². The molecule has 2 aromatic carbocycles. The van der Waals surface area contributed by atoms with Gasteiger partial charge in [-0.3, -0.25) is 9.69 Å². The highest BCUT2D eigenvalue weighted by atomic mass is 35.5. The normalized spacial score (nSPS) is 15.2. The molecule has 1 saturated heterocycles. The van der Waals surface area contributed by atoms with Crippen molar-refractivity contribution < 1.29 is 4.42 Å². The van der Waals surface area contributed by atoms with Gasteiger partial charge in [0.2, 0.25) is 0 Å². The van der Waals surface area contributed by atoms with Gasteiger partial charge in [0.15, 0.2) is 0 Å². The van der Waals surface area contributed by atoms with E-state index in [0.29, 0.717) is 17.5 Å². The fourth-order valence-corrected chi connectivity index (χ4v) is 3.84. The van der Waals surface area contributed by atoms with E-state index in [9.17, 15) is 9.59 Å². The molecule has 1 aliphatic rings. The van der Waals surface area contributed by atoms with E-state index in [1.165, 1.54) is 4.57 Å². The van der Waals surface area contributed by atoms with Gasteiger partial charge >= 0.3 is 5.76 Å². The predicted molar refractivity (Wildman–Crippen MR) is 111 cm³/mol. The second-order valence-electron chi connectivity index (χ2n) is 6.98. The van der Waals surface area contributed by atoms with Crippen molar-refractivity contribution in [2.45, 2.75) is 13.0 Å². The Morgan fingerprint density at radius 1 is 0.929 bits per heavy atom. The number of piperazine rings is 1. The molecule has 0 aliphatic carbocycles. The first-order valence-corrected chi connectivity index (χ1v) is 9.85. The van der Waals surface area contributed by atoms with Crippen molar-refractivity contribution >= 4 is 28.3 Å². The van der Waals surface area contributed by atoms with E-state index in [2.05, 4.69) is 15.9 Å². The van der Waals surface area contributed by atoms with Crippen LogP contribution in [0.4, 0.5) is 5.69 Å². The summed E-state index contributed by atoms with van der Waals surface area (Å²) in [6, 6.07) is 14.8. The quantitative estimate of drug-likeness (QED) is 0.660. The van der Waals surface area contributed by atoms with Crippen molar-refractivity contribution in [3.8, 4) is 0 Å². The fourth-order valence-electron chi connectivity index (χ4n) is 3.66. The second-order valence-corrected chi connectivity index (χ2v) is 7.42. The van der Waals surface area contributed by atoms with Crippen LogP contribution >= 0.6 is 11.6 Å². The van der Waals surface area contributed by atoms with Gasteiger partial charge in [0, 0.05) is 43.4 Å². The topological polar surface area (TPSA) is 58.7 Å². The van der Waals surface area contributed by atoms with Crippen LogP contribution in [0.5, 0.6) is 0 Å². The number of nitrogens with zero attached hydrogens (tertiary/aromatic N) is 3. The minimum atomic E-state index is -0.588. The van der Waals surface area contributed by atoms with Gasteiger partial charge in [-0.05, 0) is 43.3 Å². The molecular formula is C21H22ClN3O3. The summed E-state index contributed by atoms with van der Waals surface area (Å²) in [7, 11) is 0. The first-order chi connectivity index (χ1) is 13.6. The number of para-hydroxylation sites is 1. The third kappa shape index (κ3) is 3.98. The Bertz CT molecular complexity index is 1080. The summed E-state index contributed by atoms with van der Waals surface area (Å²) in [5.41, 5.74) is 1.20. The predicted octanol–water partition coefficient (Wildman–Crippen LogP) is 2.82. The fraction of sp³-hybridized carbons (Fsp3) is 0.333. The number of hydrogen-bond acceptors (Lipinski definition) is 5. The number of aromatic nitrogens is 1. The smallest absolute Gasteiger partial charge is 0.409 e. The summed E-state index contributed by atoms with van der Waals surface area (Å²) in [4.78, 5) is 29.3. The largest absolute Gasteiger partial charge is 0.422 e. The van der Waals surface area contributed by atoms with Gasteiger partial charge in [0.25, 0.3) is 5.56 Å². The molecule has 0 amide bonds. The lowest BCUT2D eigenvalue weighted by Gasteiger charge is -2.36. The summed E-state index contributed by atoms with van der Waals surface area (Å²) in [5, 5.41) is 1.19. The van der Waals surface area contributed by atoms with Crippen LogP contribution in [0.3, 0.4) is 0 Å². The molecule has 0 N–H and O–H groups in total. The van der Waals surface area contributed by atoms with Crippen molar-refractivity contribution in [2.24, 2.45) is 0 Å². The monoisotopic (exact) mass is 399 g/mol. The van der Waals surface area contributed by atoms with Crippen LogP contribution in [0.25, 0.3) is 11.0 Å². The molecule has 28 heavy (non-hydrogen) atoms. The molecule has 7 heteroatoms. The molecule has 0 saturated carbocycles. The number of hydrogen-bond donors (Lipinski definition) is 0. The van der Waals surface area contributed by atoms with Crippen LogP contribution in [0.1, 0.15) is 6.42 Å². The molecule has 0 radical (unpaired) electrons. The van der Waals surface area contributed by atoms with Crippen LogP contribution in [-0.4, -0.2) is 42.2 Å². The van der Waals surface area contributed by atoms with Crippen LogP contribution in [0.2, 0.25) is 5.02 Å². The average Bonchev–Trinajstić information content (AvgIpc) is 2.71. The Hall–Kier alpha value is -2.57. The van der Waals surface area contributed by atoms with Gasteiger partial charge in [-0.25, -0.2) is 9.36 Å². The highest BCUT2D eigenvalue weighted by molar-refractivity contribution is 6.30. The molecule has 1 aliphatic heterocycles. The third-order valence-corrected chi connectivity index (χ3v) is 5.42. The summed E-state index contributed by atoms with van der Waals surface area (Å²) in [5.74, 6) is -0.588. The van der Waals surface area contributed by atoms with E-state index in [-0.39, 0.29) is 5.56 Å². The van der Waals surface area contributed by atoms with Gasteiger partial charge in [-0.15, -0.1) is 0 Å². The molecule has 0 atom stereocenters. The Kier molecular flexibility index (Phi) is 5.50. The molecule has 2 heterocycles. The first-order valence-electron chi connectivity index (χ1n) is 9.47. The Morgan fingerprint density at radius 3 is 2.50 bits per heavy atom. The first kappa shape index (κ1) is 18.8. The molecule has 3 aromatic rings. The van der Waals surface area contributed by atoms with Gasteiger partial charge < -0.3 is 9.32 Å². The maximum atomic E-state index is 12.5. The Morgan fingerprint density at radius 2 is 1.71 bits per heavy atom. The van der Waals surface area contributed by atoms with Crippen molar-refractivity contribution in [1.82, 2.24) is 9.47 Å². The van der Waals surface area contributed by atoms with Crippen molar-refractivity contribution in [1.29, 1.82) is 0 Å². The standard InChI is InChI=1S/C21H22ClN3O3/c22-16-5-3-6-17(15-16)24-13-11-23(12-14-24)9-4-10-25-20(26)18-7-1-2-8-19(18)28-21(25)27/h1-3,5-8,15H,4,9-14H2. The number of rotatable bonds is 5. The minimum absolute atomic E-state index is 0.280. The number of anilines is 1. The number of fused-ring (bicyclic) bond motifs is 1. The third-order valence-electron chi connectivity index (χ3n) is 5.18. The van der Waals surface area contributed by atoms with E-state index in [0.717, 1.165) is 49.9 Å². The van der Waals surface area contributed by atoms with Gasteiger partial charge in [0.1, 0.15) is 5.58 Å². The molecule has 0 spiro atoms. The van der Waals surface area contributed by atoms with Crippen LogP contribution in [-0.2, 0) is 6.54 Å². The Labute approximate surface area is 167 Å². The van der Waals surface area contributed by atoms with Gasteiger partial charge in [0.05, 0.1) is 5.39 Å².